The van der Waals surface area contributed by atoms with Gasteiger partial charge in [-0.2, -0.15) is 0 Å². The molecule has 6 heteroatoms. The van der Waals surface area contributed by atoms with Crippen molar-refractivity contribution in [3.63, 3.8) is 0 Å². The van der Waals surface area contributed by atoms with Crippen LogP contribution in [-0.2, 0) is 0 Å². The number of carboxylic acid groups (broad SMARTS) is 1. The van der Waals surface area contributed by atoms with Gasteiger partial charge in [0.25, 0.3) is 5.56 Å². The van der Waals surface area contributed by atoms with E-state index in [0.717, 1.165) is 12.8 Å². The third kappa shape index (κ3) is 2.94. The summed E-state index contributed by atoms with van der Waals surface area (Å²) in [6.07, 6.45) is 2.11. The van der Waals surface area contributed by atoms with E-state index in [0.29, 0.717) is 28.8 Å². The minimum atomic E-state index is -0.954. The van der Waals surface area contributed by atoms with Gasteiger partial charge in [-0.25, -0.2) is 9.78 Å². The number of H-pyrrole nitrogens is 1. The lowest BCUT2D eigenvalue weighted by Crippen LogP contribution is -2.11. The molecule has 1 aliphatic carbocycles. The van der Waals surface area contributed by atoms with Crippen LogP contribution in [0.4, 0.5) is 11.5 Å². The fourth-order valence-electron chi connectivity index (χ4n) is 2.22. The number of aryl methyl sites for hydroxylation is 1. The molecule has 0 radical (unpaired) electrons. The number of aromatic nitrogens is 2. The Morgan fingerprint density at radius 1 is 1.38 bits per heavy atom. The zero-order valence-electron chi connectivity index (χ0n) is 11.5. The smallest absolute Gasteiger partial charge is 0.335 e. The number of hydrogen-bond donors (Lipinski definition) is 3. The molecule has 21 heavy (non-hydrogen) atoms. The first kappa shape index (κ1) is 13.4. The summed E-state index contributed by atoms with van der Waals surface area (Å²) in [6, 6.07) is 6.32. The maximum absolute atomic E-state index is 11.6. The van der Waals surface area contributed by atoms with Gasteiger partial charge in [-0.3, -0.25) is 4.79 Å². The summed E-state index contributed by atoms with van der Waals surface area (Å²) in [7, 11) is 0. The number of benzene rings is 1. The predicted octanol–water partition coefficient (Wildman–Crippen LogP) is 2.40. The van der Waals surface area contributed by atoms with E-state index in [1.807, 2.05) is 0 Å². The molecule has 0 saturated heterocycles. The Labute approximate surface area is 120 Å². The van der Waals surface area contributed by atoms with Crippen molar-refractivity contribution in [3.8, 4) is 0 Å². The van der Waals surface area contributed by atoms with Gasteiger partial charge in [-0.1, -0.05) is 0 Å². The van der Waals surface area contributed by atoms with Crippen molar-refractivity contribution in [1.29, 1.82) is 0 Å². The Kier molecular flexibility index (Phi) is 3.21. The van der Waals surface area contributed by atoms with E-state index in [1.165, 1.54) is 12.1 Å². The molecule has 0 bridgehead atoms. The molecule has 0 atom stereocenters. The molecule has 3 N–H and O–H groups in total. The van der Waals surface area contributed by atoms with E-state index in [4.69, 9.17) is 5.11 Å². The van der Waals surface area contributed by atoms with Crippen LogP contribution in [0.5, 0.6) is 0 Å². The van der Waals surface area contributed by atoms with Gasteiger partial charge < -0.3 is 15.4 Å². The zero-order valence-corrected chi connectivity index (χ0v) is 11.5. The van der Waals surface area contributed by atoms with Crippen LogP contribution >= 0.6 is 0 Å². The molecule has 6 nitrogen and oxygen atoms in total. The van der Waals surface area contributed by atoms with Crippen LogP contribution in [0.3, 0.4) is 0 Å². The molecule has 0 aliphatic heterocycles. The van der Waals surface area contributed by atoms with Crippen LogP contribution in [0.1, 0.15) is 40.5 Å². The van der Waals surface area contributed by atoms with Crippen molar-refractivity contribution in [2.45, 2.75) is 25.7 Å². The van der Waals surface area contributed by atoms with Gasteiger partial charge in [0.1, 0.15) is 11.6 Å². The highest BCUT2D eigenvalue weighted by Gasteiger charge is 2.26. The number of nitrogens with zero attached hydrogens (tertiary/aromatic N) is 1. The highest BCUT2D eigenvalue weighted by atomic mass is 16.4. The van der Waals surface area contributed by atoms with Gasteiger partial charge >= 0.3 is 5.97 Å². The van der Waals surface area contributed by atoms with Crippen molar-refractivity contribution in [2.75, 3.05) is 5.32 Å². The summed E-state index contributed by atoms with van der Waals surface area (Å²) >= 11 is 0. The fourth-order valence-corrected chi connectivity index (χ4v) is 2.22. The van der Waals surface area contributed by atoms with E-state index in [1.54, 1.807) is 19.1 Å². The second-order valence-corrected chi connectivity index (χ2v) is 5.25. The van der Waals surface area contributed by atoms with Gasteiger partial charge in [0.05, 0.1) is 5.56 Å². The first-order valence-electron chi connectivity index (χ1n) is 6.75. The third-order valence-corrected chi connectivity index (χ3v) is 3.45. The molecule has 3 rings (SSSR count). The minimum Gasteiger partial charge on any atom is -0.478 e. The van der Waals surface area contributed by atoms with E-state index >= 15 is 0 Å². The van der Waals surface area contributed by atoms with Crippen LogP contribution in [0.25, 0.3) is 0 Å². The predicted molar refractivity (Wildman–Crippen MR) is 78.3 cm³/mol. The maximum atomic E-state index is 11.6. The molecule has 108 valence electrons. The summed E-state index contributed by atoms with van der Waals surface area (Å²) in [4.78, 5) is 29.8. The van der Waals surface area contributed by atoms with Crippen molar-refractivity contribution in [2.24, 2.45) is 0 Å². The largest absolute Gasteiger partial charge is 0.478 e. The lowest BCUT2D eigenvalue weighted by molar-refractivity contribution is 0.0696. The van der Waals surface area contributed by atoms with Crippen LogP contribution in [-0.4, -0.2) is 21.0 Å². The van der Waals surface area contributed by atoms with Crippen molar-refractivity contribution < 1.29 is 9.90 Å². The number of anilines is 2. The first-order chi connectivity index (χ1) is 10.0. The minimum absolute atomic E-state index is 0.187. The lowest BCUT2D eigenvalue weighted by Gasteiger charge is -2.09. The van der Waals surface area contributed by atoms with Crippen LogP contribution in [0.2, 0.25) is 0 Å². The second kappa shape index (κ2) is 5.05. The van der Waals surface area contributed by atoms with Crippen molar-refractivity contribution in [1.82, 2.24) is 9.97 Å². The molecule has 1 heterocycles. The Hall–Kier alpha value is -2.63. The zero-order chi connectivity index (χ0) is 15.0. The van der Waals surface area contributed by atoms with Gasteiger partial charge in [0.2, 0.25) is 0 Å². The van der Waals surface area contributed by atoms with Crippen LogP contribution in [0, 0.1) is 6.92 Å². The molecular weight excluding hydrogens is 270 g/mol. The van der Waals surface area contributed by atoms with Crippen molar-refractivity contribution >= 4 is 17.5 Å². The quantitative estimate of drug-likeness (QED) is 0.801. The normalized spacial score (nSPS) is 14.0. The van der Waals surface area contributed by atoms with Gasteiger partial charge in [-0.15, -0.1) is 0 Å². The summed E-state index contributed by atoms with van der Waals surface area (Å²) in [6.45, 7) is 1.73. The number of aromatic amines is 1. The van der Waals surface area contributed by atoms with Crippen LogP contribution in [0.15, 0.2) is 29.1 Å². The highest BCUT2D eigenvalue weighted by molar-refractivity contribution is 5.90. The molecular formula is C15H15N3O3. The number of rotatable bonds is 4. The standard InChI is InChI=1S/C15H15N3O3/c1-8-6-10(4-5-11(8)15(20)21)16-12-7-13(19)18-14(17-12)9-2-3-9/h4-7,9H,2-3H2,1H3,(H,20,21)(H2,16,17,18,19). The van der Waals surface area contributed by atoms with Gasteiger partial charge in [-0.05, 0) is 43.5 Å². The molecule has 1 saturated carbocycles. The van der Waals surface area contributed by atoms with E-state index < -0.39 is 5.97 Å². The molecule has 1 aromatic carbocycles. The molecule has 1 aromatic heterocycles. The monoisotopic (exact) mass is 285 g/mol. The number of nitrogens with one attached hydrogen (secondary N) is 2. The SMILES string of the molecule is Cc1cc(Nc2cc(=O)[nH]c(C3CC3)n2)ccc1C(=O)O. The molecule has 2 aromatic rings. The van der Waals surface area contributed by atoms with E-state index in [2.05, 4.69) is 15.3 Å². The van der Waals surface area contributed by atoms with E-state index in [-0.39, 0.29) is 11.1 Å². The van der Waals surface area contributed by atoms with Gasteiger partial charge in [0.15, 0.2) is 0 Å². The molecule has 1 fully saturated rings. The second-order valence-electron chi connectivity index (χ2n) is 5.25. The summed E-state index contributed by atoms with van der Waals surface area (Å²) in [5, 5.41) is 12.1. The fraction of sp³-hybridized carbons (Fsp3) is 0.267. The van der Waals surface area contributed by atoms with Crippen molar-refractivity contribution in [3.05, 3.63) is 51.6 Å². The summed E-state index contributed by atoms with van der Waals surface area (Å²) in [5.41, 5.74) is 1.43. The average molecular weight is 285 g/mol. The number of carbonyl (C=O) groups is 1. The van der Waals surface area contributed by atoms with E-state index in [9.17, 15) is 9.59 Å². The van der Waals surface area contributed by atoms with Gasteiger partial charge in [0, 0.05) is 17.7 Å². The maximum Gasteiger partial charge on any atom is 0.335 e. The molecule has 0 spiro atoms. The highest BCUT2D eigenvalue weighted by Crippen LogP contribution is 2.37. The summed E-state index contributed by atoms with van der Waals surface area (Å²) in [5.74, 6) is 0.590. The number of carboxylic acids is 1. The lowest BCUT2D eigenvalue weighted by atomic mass is 10.1. The summed E-state index contributed by atoms with van der Waals surface area (Å²) < 4.78 is 0. The van der Waals surface area contributed by atoms with Crippen LogP contribution < -0.4 is 10.9 Å². The molecule has 1 aliphatic rings. The first-order valence-corrected chi connectivity index (χ1v) is 6.75. The molecule has 0 amide bonds. The Bertz CT molecular complexity index is 763. The third-order valence-electron chi connectivity index (χ3n) is 3.45. The average Bonchev–Trinajstić information content (AvgIpc) is 3.21. The Balaban J connectivity index is 1.88. The Morgan fingerprint density at radius 3 is 2.76 bits per heavy atom. The molecule has 0 unspecified atom stereocenters. The Morgan fingerprint density at radius 2 is 2.14 bits per heavy atom. The number of hydrogen-bond acceptors (Lipinski definition) is 4. The number of aromatic carboxylic acids is 1. The topological polar surface area (TPSA) is 95.1 Å².